The molecule has 0 saturated carbocycles. The summed E-state index contributed by atoms with van der Waals surface area (Å²) in [6.07, 6.45) is 0. The predicted molar refractivity (Wildman–Crippen MR) is 91.8 cm³/mol. The Bertz CT molecular complexity index is 892. The summed E-state index contributed by atoms with van der Waals surface area (Å²) in [5, 5.41) is 1.36. The molecule has 2 aromatic carbocycles. The molecule has 1 aliphatic heterocycles. The van der Waals surface area contributed by atoms with E-state index in [1.807, 2.05) is 6.07 Å². The number of fused-ring (bicyclic) bond motifs is 5. The summed E-state index contributed by atoms with van der Waals surface area (Å²) in [5.74, 6) is 0.904. The number of nitrogens with zero attached hydrogens (tertiary/aromatic N) is 2. The first-order valence-electron chi connectivity index (χ1n) is 7.57. The zero-order chi connectivity index (χ0) is 15.4. The van der Waals surface area contributed by atoms with Crippen molar-refractivity contribution < 1.29 is 4.74 Å². The number of aromatic nitrogens is 1. The van der Waals surface area contributed by atoms with Crippen LogP contribution < -0.4 is 9.64 Å². The molecule has 0 aliphatic carbocycles. The van der Waals surface area contributed by atoms with Gasteiger partial charge >= 0.3 is 0 Å². The lowest BCUT2D eigenvalue weighted by Gasteiger charge is -2.29. The minimum atomic E-state index is 0.904. The second-order valence-corrected chi connectivity index (χ2v) is 6.15. The van der Waals surface area contributed by atoms with Crippen LogP contribution in [0.25, 0.3) is 22.2 Å². The molecule has 0 radical (unpaired) electrons. The molecule has 0 spiro atoms. The Morgan fingerprint density at radius 2 is 1.86 bits per heavy atom. The van der Waals surface area contributed by atoms with Gasteiger partial charge in [0.05, 0.1) is 12.8 Å². The predicted octanol–water partition coefficient (Wildman–Crippen LogP) is 4.11. The lowest BCUT2D eigenvalue weighted by molar-refractivity contribution is 0.415. The van der Waals surface area contributed by atoms with E-state index in [9.17, 15) is 0 Å². The van der Waals surface area contributed by atoms with E-state index in [-0.39, 0.29) is 0 Å². The topological polar surface area (TPSA) is 17.4 Å². The zero-order valence-electron chi connectivity index (χ0n) is 13.5. The van der Waals surface area contributed by atoms with Gasteiger partial charge in [0.2, 0.25) is 0 Å². The minimum absolute atomic E-state index is 0.904. The van der Waals surface area contributed by atoms with Gasteiger partial charge in [-0.25, -0.2) is 0 Å². The van der Waals surface area contributed by atoms with Crippen LogP contribution in [-0.2, 0) is 13.6 Å². The summed E-state index contributed by atoms with van der Waals surface area (Å²) in [4.78, 5) is 2.32. The van der Waals surface area contributed by atoms with E-state index < -0.39 is 0 Å². The van der Waals surface area contributed by atoms with E-state index >= 15 is 0 Å². The van der Waals surface area contributed by atoms with Gasteiger partial charge in [0.1, 0.15) is 5.75 Å². The summed E-state index contributed by atoms with van der Waals surface area (Å²) >= 11 is 0. The van der Waals surface area contributed by atoms with Crippen LogP contribution in [0.1, 0.15) is 11.1 Å². The van der Waals surface area contributed by atoms with E-state index in [4.69, 9.17) is 4.74 Å². The molecular formula is C19H20N2O. The number of anilines is 1. The molecule has 0 N–H and O–H groups in total. The van der Waals surface area contributed by atoms with Gasteiger partial charge in [0.15, 0.2) is 0 Å². The van der Waals surface area contributed by atoms with Gasteiger partial charge in [-0.3, -0.25) is 0 Å². The van der Waals surface area contributed by atoms with E-state index in [0.29, 0.717) is 0 Å². The van der Waals surface area contributed by atoms with Crippen LogP contribution in [0.15, 0.2) is 36.4 Å². The number of methoxy groups -OCH3 is 1. The quantitative estimate of drug-likeness (QED) is 0.671. The molecule has 2 heterocycles. The first-order valence-corrected chi connectivity index (χ1v) is 7.57. The lowest BCUT2D eigenvalue weighted by Crippen LogP contribution is -2.21. The van der Waals surface area contributed by atoms with Crippen LogP contribution in [0.3, 0.4) is 0 Å². The average Bonchev–Trinajstić information content (AvgIpc) is 2.79. The molecular weight excluding hydrogens is 272 g/mol. The van der Waals surface area contributed by atoms with Crippen LogP contribution in [0.2, 0.25) is 0 Å². The maximum absolute atomic E-state index is 5.44. The van der Waals surface area contributed by atoms with Crippen molar-refractivity contribution in [3.05, 3.63) is 47.5 Å². The van der Waals surface area contributed by atoms with E-state index in [2.05, 4.69) is 60.8 Å². The van der Waals surface area contributed by atoms with Gasteiger partial charge in [0.25, 0.3) is 0 Å². The van der Waals surface area contributed by atoms with Gasteiger partial charge in [-0.05, 0) is 37.3 Å². The molecule has 3 nitrogen and oxygen atoms in total. The molecule has 112 valence electrons. The molecule has 1 aliphatic rings. The van der Waals surface area contributed by atoms with Crippen molar-refractivity contribution in [1.82, 2.24) is 4.57 Å². The second-order valence-electron chi connectivity index (χ2n) is 6.15. The van der Waals surface area contributed by atoms with Crippen LogP contribution in [0.5, 0.6) is 5.75 Å². The summed E-state index contributed by atoms with van der Waals surface area (Å²) in [6, 6.07) is 13.0. The SMILES string of the molecule is COc1ccc2c(c1)-c1c(c3cc(C)ccc3n1C)CN2C. The smallest absolute Gasteiger partial charge is 0.119 e. The summed E-state index contributed by atoms with van der Waals surface area (Å²) in [6.45, 7) is 3.10. The van der Waals surface area contributed by atoms with Crippen LogP contribution in [-0.4, -0.2) is 18.7 Å². The monoisotopic (exact) mass is 292 g/mol. The number of ether oxygens (including phenoxy) is 1. The standard InChI is InChI=1S/C19H20N2O/c1-12-5-7-18-14(9-12)16-11-20(2)17-8-6-13(22-4)10-15(17)19(16)21(18)3/h5-10H,11H2,1-4H3. The van der Waals surface area contributed by atoms with Gasteiger partial charge < -0.3 is 14.2 Å². The fraction of sp³-hybridized carbons (Fsp3) is 0.263. The first kappa shape index (κ1) is 13.3. The number of aryl methyl sites for hydroxylation is 2. The molecule has 0 bridgehead atoms. The molecule has 3 heteroatoms. The molecule has 3 aromatic rings. The third-order valence-electron chi connectivity index (χ3n) is 4.73. The first-order chi connectivity index (χ1) is 10.6. The summed E-state index contributed by atoms with van der Waals surface area (Å²) in [7, 11) is 6.04. The van der Waals surface area contributed by atoms with Crippen LogP contribution in [0.4, 0.5) is 5.69 Å². The highest BCUT2D eigenvalue weighted by atomic mass is 16.5. The largest absolute Gasteiger partial charge is 0.497 e. The fourth-order valence-electron chi connectivity index (χ4n) is 3.62. The van der Waals surface area contributed by atoms with Crippen LogP contribution >= 0.6 is 0 Å². The molecule has 0 saturated heterocycles. The molecule has 4 rings (SSSR count). The lowest BCUT2D eigenvalue weighted by atomic mass is 9.97. The average molecular weight is 292 g/mol. The van der Waals surface area contributed by atoms with Gasteiger partial charge in [-0.15, -0.1) is 0 Å². The van der Waals surface area contributed by atoms with Crippen molar-refractivity contribution in [3.63, 3.8) is 0 Å². The van der Waals surface area contributed by atoms with E-state index in [0.717, 1.165) is 12.3 Å². The number of hydrogen-bond donors (Lipinski definition) is 0. The third-order valence-corrected chi connectivity index (χ3v) is 4.73. The van der Waals surface area contributed by atoms with E-state index in [1.165, 1.54) is 39.0 Å². The maximum atomic E-state index is 5.44. The third kappa shape index (κ3) is 1.68. The fourth-order valence-corrected chi connectivity index (χ4v) is 3.62. The number of rotatable bonds is 1. The summed E-state index contributed by atoms with van der Waals surface area (Å²) in [5.41, 5.74) is 7.83. The van der Waals surface area contributed by atoms with Crippen molar-refractivity contribution in [2.24, 2.45) is 7.05 Å². The molecule has 0 unspecified atom stereocenters. The van der Waals surface area contributed by atoms with Crippen molar-refractivity contribution >= 4 is 16.6 Å². The second kappa shape index (κ2) is 4.54. The van der Waals surface area contributed by atoms with Crippen molar-refractivity contribution in [3.8, 4) is 17.0 Å². The molecule has 22 heavy (non-hydrogen) atoms. The Balaban J connectivity index is 2.10. The zero-order valence-corrected chi connectivity index (χ0v) is 13.5. The Morgan fingerprint density at radius 1 is 1.05 bits per heavy atom. The summed E-state index contributed by atoms with van der Waals surface area (Å²) < 4.78 is 7.75. The van der Waals surface area contributed by atoms with Crippen molar-refractivity contribution in [1.29, 1.82) is 0 Å². The highest BCUT2D eigenvalue weighted by Gasteiger charge is 2.26. The Morgan fingerprint density at radius 3 is 2.64 bits per heavy atom. The highest BCUT2D eigenvalue weighted by Crippen LogP contribution is 2.44. The molecule has 1 aromatic heterocycles. The Hall–Kier alpha value is -2.42. The Kier molecular flexibility index (Phi) is 2.73. The number of hydrogen-bond acceptors (Lipinski definition) is 2. The van der Waals surface area contributed by atoms with Crippen LogP contribution in [0, 0.1) is 6.92 Å². The minimum Gasteiger partial charge on any atom is -0.497 e. The normalized spacial score (nSPS) is 13.2. The van der Waals surface area contributed by atoms with Crippen molar-refractivity contribution in [2.75, 3.05) is 19.1 Å². The van der Waals surface area contributed by atoms with Gasteiger partial charge in [-0.1, -0.05) is 11.6 Å². The highest BCUT2D eigenvalue weighted by molar-refractivity contribution is 5.97. The van der Waals surface area contributed by atoms with E-state index in [1.54, 1.807) is 7.11 Å². The molecule has 0 fully saturated rings. The number of benzene rings is 2. The van der Waals surface area contributed by atoms with Gasteiger partial charge in [-0.2, -0.15) is 0 Å². The Labute approximate surface area is 130 Å². The maximum Gasteiger partial charge on any atom is 0.119 e. The molecule has 0 amide bonds. The van der Waals surface area contributed by atoms with Gasteiger partial charge in [0, 0.05) is 48.4 Å². The van der Waals surface area contributed by atoms with Crippen molar-refractivity contribution in [2.45, 2.75) is 13.5 Å². The molecule has 0 atom stereocenters.